The van der Waals surface area contributed by atoms with Gasteiger partial charge in [0.05, 0.1) is 10.4 Å². The molecule has 0 atom stereocenters. The number of hydrogen-bond donors (Lipinski definition) is 1. The van der Waals surface area contributed by atoms with Crippen LogP contribution in [-0.4, -0.2) is 28.2 Å². The summed E-state index contributed by atoms with van der Waals surface area (Å²) in [5.41, 5.74) is 4.87. The Morgan fingerprint density at radius 3 is 2.48 bits per heavy atom. The normalized spacial score (nSPS) is 11.8. The minimum Gasteiger partial charge on any atom is -0.339 e. The fourth-order valence-electron chi connectivity index (χ4n) is 3.89. The van der Waals surface area contributed by atoms with Gasteiger partial charge in [-0.25, -0.2) is 13.4 Å². The molecular formula is C25H23N5O2S. The second-order valence-electron chi connectivity index (χ2n) is 7.99. The summed E-state index contributed by atoms with van der Waals surface area (Å²) in [5.74, 6) is 0.554. The van der Waals surface area contributed by atoms with Gasteiger partial charge in [-0.1, -0.05) is 48.5 Å². The van der Waals surface area contributed by atoms with Crippen molar-refractivity contribution in [1.82, 2.24) is 19.8 Å². The summed E-state index contributed by atoms with van der Waals surface area (Å²) >= 11 is 0. The number of rotatable bonds is 5. The molecule has 0 saturated heterocycles. The SMILES string of the molecule is CCc1ccccc1Nc1nc2c(S(=O)(=O)c3ccc(C)c(C)c3)nnn2c2ccccc12. The van der Waals surface area contributed by atoms with Gasteiger partial charge in [-0.15, -0.1) is 5.10 Å². The van der Waals surface area contributed by atoms with E-state index in [4.69, 9.17) is 4.98 Å². The number of fused-ring (bicyclic) bond motifs is 3. The molecule has 0 aliphatic rings. The molecule has 0 aliphatic carbocycles. The predicted octanol–water partition coefficient (Wildman–Crippen LogP) is 5.03. The molecule has 166 valence electrons. The summed E-state index contributed by atoms with van der Waals surface area (Å²) in [7, 11) is -3.92. The zero-order valence-corrected chi connectivity index (χ0v) is 19.4. The summed E-state index contributed by atoms with van der Waals surface area (Å²) in [4.78, 5) is 4.89. The fraction of sp³-hybridized carbons (Fsp3) is 0.160. The van der Waals surface area contributed by atoms with Gasteiger partial charge in [0.2, 0.25) is 14.9 Å². The molecule has 1 N–H and O–H groups in total. The predicted molar refractivity (Wildman–Crippen MR) is 129 cm³/mol. The summed E-state index contributed by atoms with van der Waals surface area (Å²) in [6.07, 6.45) is 0.851. The van der Waals surface area contributed by atoms with Crippen LogP contribution < -0.4 is 5.32 Å². The van der Waals surface area contributed by atoms with Gasteiger partial charge in [-0.3, -0.25) is 0 Å². The first-order chi connectivity index (χ1) is 15.9. The number of nitrogens with zero attached hydrogens (tertiary/aromatic N) is 4. The zero-order chi connectivity index (χ0) is 23.2. The number of hydrogen-bond acceptors (Lipinski definition) is 6. The van der Waals surface area contributed by atoms with Crippen LogP contribution in [0, 0.1) is 13.8 Å². The van der Waals surface area contributed by atoms with Gasteiger partial charge in [0.25, 0.3) is 0 Å². The van der Waals surface area contributed by atoms with Crippen molar-refractivity contribution < 1.29 is 8.42 Å². The minimum atomic E-state index is -3.92. The summed E-state index contributed by atoms with van der Waals surface area (Å²) in [6.45, 7) is 5.92. The molecular weight excluding hydrogens is 434 g/mol. The highest BCUT2D eigenvalue weighted by Crippen LogP contribution is 2.31. The van der Waals surface area contributed by atoms with Gasteiger partial charge in [0.1, 0.15) is 5.82 Å². The molecule has 0 fully saturated rings. The first-order valence-corrected chi connectivity index (χ1v) is 12.2. The lowest BCUT2D eigenvalue weighted by atomic mass is 10.1. The highest BCUT2D eigenvalue weighted by molar-refractivity contribution is 7.91. The van der Waals surface area contributed by atoms with Crippen LogP contribution in [0.5, 0.6) is 0 Å². The van der Waals surface area contributed by atoms with Gasteiger partial charge in [-0.2, -0.15) is 4.52 Å². The van der Waals surface area contributed by atoms with Crippen LogP contribution in [0.4, 0.5) is 11.5 Å². The standard InChI is InChI=1S/C25H23N5O2S/c1-4-18-9-5-7-11-21(18)26-23-20-10-6-8-12-22(20)30-24(27-23)25(28-29-30)33(31,32)19-14-13-16(2)17(3)15-19/h5-15H,4H2,1-3H3,(H,26,27). The summed E-state index contributed by atoms with van der Waals surface area (Å²) < 4.78 is 28.5. The zero-order valence-electron chi connectivity index (χ0n) is 18.6. The molecule has 5 aromatic rings. The Balaban J connectivity index is 1.74. The molecule has 0 radical (unpaired) electrons. The van der Waals surface area contributed by atoms with E-state index >= 15 is 0 Å². The van der Waals surface area contributed by atoms with Gasteiger partial charge in [-0.05, 0) is 67.3 Å². The van der Waals surface area contributed by atoms with Crippen molar-refractivity contribution >= 4 is 37.9 Å². The van der Waals surface area contributed by atoms with Crippen molar-refractivity contribution in [3.05, 3.63) is 83.4 Å². The van der Waals surface area contributed by atoms with E-state index in [1.165, 1.54) is 4.52 Å². The minimum absolute atomic E-state index is 0.164. The van der Waals surface area contributed by atoms with Crippen LogP contribution in [0.25, 0.3) is 16.6 Å². The topological polar surface area (TPSA) is 89.2 Å². The van der Waals surface area contributed by atoms with Gasteiger partial charge in [0.15, 0.2) is 5.65 Å². The molecule has 0 unspecified atom stereocenters. The Morgan fingerprint density at radius 1 is 0.939 bits per heavy atom. The molecule has 2 heterocycles. The number of para-hydroxylation sites is 2. The number of aromatic nitrogens is 4. The van der Waals surface area contributed by atoms with Crippen molar-refractivity contribution in [2.45, 2.75) is 37.1 Å². The van der Waals surface area contributed by atoms with Crippen LogP contribution in [-0.2, 0) is 16.3 Å². The van der Waals surface area contributed by atoms with Crippen LogP contribution in [0.2, 0.25) is 0 Å². The number of benzene rings is 3. The molecule has 7 nitrogen and oxygen atoms in total. The van der Waals surface area contributed by atoms with E-state index in [-0.39, 0.29) is 15.6 Å². The third-order valence-electron chi connectivity index (χ3n) is 5.92. The number of sulfone groups is 1. The average molecular weight is 458 g/mol. The van der Waals surface area contributed by atoms with Crippen molar-refractivity contribution in [3.63, 3.8) is 0 Å². The fourth-order valence-corrected chi connectivity index (χ4v) is 5.20. The van der Waals surface area contributed by atoms with Gasteiger partial charge in [0, 0.05) is 11.1 Å². The largest absolute Gasteiger partial charge is 0.339 e. The van der Waals surface area contributed by atoms with E-state index in [1.54, 1.807) is 18.2 Å². The lowest BCUT2D eigenvalue weighted by Gasteiger charge is -2.13. The van der Waals surface area contributed by atoms with Crippen LogP contribution in [0.15, 0.2) is 76.7 Å². The maximum absolute atomic E-state index is 13.5. The van der Waals surface area contributed by atoms with Crippen molar-refractivity contribution in [1.29, 1.82) is 0 Å². The van der Waals surface area contributed by atoms with E-state index in [2.05, 4.69) is 28.6 Å². The smallest absolute Gasteiger partial charge is 0.229 e. The van der Waals surface area contributed by atoms with Crippen molar-refractivity contribution in [2.24, 2.45) is 0 Å². The van der Waals surface area contributed by atoms with Crippen molar-refractivity contribution in [2.75, 3.05) is 5.32 Å². The quantitative estimate of drug-likeness (QED) is 0.398. The highest BCUT2D eigenvalue weighted by Gasteiger charge is 2.27. The van der Waals surface area contributed by atoms with Gasteiger partial charge >= 0.3 is 0 Å². The second kappa shape index (κ2) is 7.97. The second-order valence-corrected chi connectivity index (χ2v) is 9.86. The molecule has 8 heteroatoms. The third-order valence-corrected chi connectivity index (χ3v) is 7.56. The Morgan fingerprint density at radius 2 is 1.70 bits per heavy atom. The molecule has 2 aromatic heterocycles. The lowest BCUT2D eigenvalue weighted by Crippen LogP contribution is -2.06. The maximum atomic E-state index is 13.5. The number of aryl methyl sites for hydroxylation is 3. The van der Waals surface area contributed by atoms with Crippen LogP contribution in [0.3, 0.4) is 0 Å². The van der Waals surface area contributed by atoms with E-state index in [1.807, 2.05) is 56.3 Å². The first-order valence-electron chi connectivity index (χ1n) is 10.7. The molecule has 3 aromatic carbocycles. The third kappa shape index (κ3) is 3.52. The van der Waals surface area contributed by atoms with Crippen molar-refractivity contribution in [3.8, 4) is 0 Å². The number of anilines is 2. The Kier molecular flexibility index (Phi) is 5.09. The molecule has 33 heavy (non-hydrogen) atoms. The first kappa shape index (κ1) is 21.1. The Bertz CT molecular complexity index is 1620. The van der Waals surface area contributed by atoms with Crippen LogP contribution >= 0.6 is 0 Å². The summed E-state index contributed by atoms with van der Waals surface area (Å²) in [5, 5.41) is 12.3. The molecule has 0 aliphatic heterocycles. The molecule has 0 spiro atoms. The van der Waals surface area contributed by atoms with E-state index < -0.39 is 9.84 Å². The molecule has 0 saturated carbocycles. The molecule has 0 amide bonds. The monoisotopic (exact) mass is 457 g/mol. The van der Waals surface area contributed by atoms with Gasteiger partial charge < -0.3 is 5.32 Å². The summed E-state index contributed by atoms with van der Waals surface area (Å²) in [6, 6.07) is 20.6. The highest BCUT2D eigenvalue weighted by atomic mass is 32.2. The van der Waals surface area contributed by atoms with Crippen LogP contribution in [0.1, 0.15) is 23.6 Å². The molecule has 5 rings (SSSR count). The van der Waals surface area contributed by atoms with E-state index in [0.717, 1.165) is 34.2 Å². The average Bonchev–Trinajstić information content (AvgIpc) is 3.26. The van der Waals surface area contributed by atoms with E-state index in [0.29, 0.717) is 11.3 Å². The maximum Gasteiger partial charge on any atom is 0.229 e. The Labute approximate surface area is 192 Å². The number of nitrogens with one attached hydrogen (secondary N) is 1. The molecule has 0 bridgehead atoms. The van der Waals surface area contributed by atoms with E-state index in [9.17, 15) is 8.42 Å². The Hall–Kier alpha value is -3.78. The lowest BCUT2D eigenvalue weighted by molar-refractivity contribution is 0.592.